The van der Waals surface area contributed by atoms with Gasteiger partial charge in [0.15, 0.2) is 0 Å². The molecule has 4 nitrogen and oxygen atoms in total. The Hall–Kier alpha value is -2.47. The SMILES string of the molecule is CCn1cc(Br)cc1C(=O)N(Cc1ccccn1)c1ccc(F)cc1. The Morgan fingerprint density at radius 2 is 2.00 bits per heavy atom. The number of halogens is 2. The minimum absolute atomic E-state index is 0.162. The molecule has 1 aromatic carbocycles. The zero-order valence-corrected chi connectivity index (χ0v) is 15.3. The van der Waals surface area contributed by atoms with Gasteiger partial charge in [-0.05, 0) is 65.3 Å². The first-order valence-electron chi connectivity index (χ1n) is 7.91. The molecule has 0 spiro atoms. The van der Waals surface area contributed by atoms with E-state index in [1.54, 1.807) is 29.3 Å². The largest absolute Gasteiger partial charge is 0.343 e. The highest BCUT2D eigenvalue weighted by Crippen LogP contribution is 2.23. The molecule has 0 aliphatic rings. The van der Waals surface area contributed by atoms with Gasteiger partial charge in [-0.15, -0.1) is 0 Å². The zero-order chi connectivity index (χ0) is 17.8. The fourth-order valence-electron chi connectivity index (χ4n) is 2.61. The lowest BCUT2D eigenvalue weighted by Crippen LogP contribution is -2.32. The van der Waals surface area contributed by atoms with Gasteiger partial charge in [-0.1, -0.05) is 6.07 Å². The first kappa shape index (κ1) is 17.4. The van der Waals surface area contributed by atoms with Crippen LogP contribution >= 0.6 is 15.9 Å². The number of aryl methyl sites for hydroxylation is 1. The lowest BCUT2D eigenvalue weighted by atomic mass is 10.2. The van der Waals surface area contributed by atoms with Crippen LogP contribution in [0.2, 0.25) is 0 Å². The number of hydrogen-bond donors (Lipinski definition) is 0. The standard InChI is InChI=1S/C19H17BrFN3O/c1-2-23-12-14(20)11-18(23)19(25)24(13-16-5-3-4-10-22-16)17-8-6-15(21)7-9-17/h3-12H,2,13H2,1H3. The summed E-state index contributed by atoms with van der Waals surface area (Å²) in [5.74, 6) is -0.501. The van der Waals surface area contributed by atoms with E-state index in [9.17, 15) is 9.18 Å². The van der Waals surface area contributed by atoms with Gasteiger partial charge in [-0.3, -0.25) is 9.78 Å². The molecule has 0 atom stereocenters. The van der Waals surface area contributed by atoms with E-state index in [0.717, 1.165) is 10.2 Å². The normalized spacial score (nSPS) is 10.7. The van der Waals surface area contributed by atoms with Gasteiger partial charge in [-0.25, -0.2) is 4.39 Å². The molecule has 0 aliphatic heterocycles. The molecule has 1 amide bonds. The van der Waals surface area contributed by atoms with Crippen molar-refractivity contribution in [2.75, 3.05) is 4.90 Å². The Kier molecular flexibility index (Phi) is 5.28. The fourth-order valence-corrected chi connectivity index (χ4v) is 3.07. The van der Waals surface area contributed by atoms with Crippen LogP contribution in [0.15, 0.2) is 65.4 Å². The highest BCUT2D eigenvalue weighted by Gasteiger charge is 2.22. The molecule has 128 valence electrons. The summed E-state index contributed by atoms with van der Waals surface area (Å²) in [5, 5.41) is 0. The van der Waals surface area contributed by atoms with Crippen molar-refractivity contribution in [1.29, 1.82) is 0 Å². The van der Waals surface area contributed by atoms with Crippen LogP contribution in [0.4, 0.5) is 10.1 Å². The fraction of sp³-hybridized carbons (Fsp3) is 0.158. The predicted octanol–water partition coefficient (Wildman–Crippen LogP) is 4.65. The summed E-state index contributed by atoms with van der Waals surface area (Å²) in [4.78, 5) is 19.1. The van der Waals surface area contributed by atoms with E-state index >= 15 is 0 Å². The molecule has 6 heteroatoms. The number of hydrogen-bond acceptors (Lipinski definition) is 2. The summed E-state index contributed by atoms with van der Waals surface area (Å²) in [6.45, 7) is 2.95. The summed E-state index contributed by atoms with van der Waals surface area (Å²) in [7, 11) is 0. The molecule has 0 fully saturated rings. The van der Waals surface area contributed by atoms with E-state index in [1.165, 1.54) is 12.1 Å². The zero-order valence-electron chi connectivity index (χ0n) is 13.7. The van der Waals surface area contributed by atoms with E-state index < -0.39 is 0 Å². The van der Waals surface area contributed by atoms with Gasteiger partial charge in [0.25, 0.3) is 5.91 Å². The lowest BCUT2D eigenvalue weighted by Gasteiger charge is -2.23. The smallest absolute Gasteiger partial charge is 0.275 e. The Labute approximate surface area is 154 Å². The van der Waals surface area contributed by atoms with Crippen LogP contribution in [0.25, 0.3) is 0 Å². The van der Waals surface area contributed by atoms with Crippen molar-refractivity contribution in [3.8, 4) is 0 Å². The van der Waals surface area contributed by atoms with Crippen molar-refractivity contribution in [1.82, 2.24) is 9.55 Å². The Morgan fingerprint density at radius 3 is 2.64 bits per heavy atom. The molecule has 0 saturated carbocycles. The minimum atomic E-state index is -0.339. The Bertz CT molecular complexity index is 862. The third-order valence-corrected chi connectivity index (χ3v) is 4.29. The summed E-state index contributed by atoms with van der Waals surface area (Å²) in [6.07, 6.45) is 3.56. The van der Waals surface area contributed by atoms with Crippen LogP contribution in [-0.2, 0) is 13.1 Å². The van der Waals surface area contributed by atoms with Crippen LogP contribution in [0.5, 0.6) is 0 Å². The van der Waals surface area contributed by atoms with Crippen molar-refractivity contribution >= 4 is 27.5 Å². The highest BCUT2D eigenvalue weighted by molar-refractivity contribution is 9.10. The molecule has 0 aliphatic carbocycles. The Balaban J connectivity index is 2.00. The predicted molar refractivity (Wildman–Crippen MR) is 99.0 cm³/mol. The van der Waals surface area contributed by atoms with Gasteiger partial charge in [0, 0.05) is 29.1 Å². The first-order valence-corrected chi connectivity index (χ1v) is 8.71. The van der Waals surface area contributed by atoms with Crippen LogP contribution in [0, 0.1) is 5.82 Å². The summed E-state index contributed by atoms with van der Waals surface area (Å²) in [5.41, 5.74) is 1.94. The van der Waals surface area contributed by atoms with E-state index in [2.05, 4.69) is 20.9 Å². The molecule has 0 saturated heterocycles. The van der Waals surface area contributed by atoms with Gasteiger partial charge < -0.3 is 9.47 Å². The average molecular weight is 402 g/mol. The maximum Gasteiger partial charge on any atom is 0.275 e. The van der Waals surface area contributed by atoms with Gasteiger partial charge >= 0.3 is 0 Å². The second-order valence-electron chi connectivity index (χ2n) is 5.52. The molecule has 0 N–H and O–H groups in total. The second kappa shape index (κ2) is 7.61. The lowest BCUT2D eigenvalue weighted by molar-refractivity contribution is 0.0976. The quantitative estimate of drug-likeness (QED) is 0.623. The van der Waals surface area contributed by atoms with Gasteiger partial charge in [-0.2, -0.15) is 0 Å². The van der Waals surface area contributed by atoms with Crippen molar-refractivity contribution in [3.05, 3.63) is 82.6 Å². The number of pyridine rings is 1. The van der Waals surface area contributed by atoms with E-state index in [4.69, 9.17) is 0 Å². The van der Waals surface area contributed by atoms with E-state index in [1.807, 2.05) is 35.9 Å². The summed E-state index contributed by atoms with van der Waals surface area (Å²) < 4.78 is 16.0. The number of anilines is 1. The van der Waals surface area contributed by atoms with Crippen molar-refractivity contribution in [2.45, 2.75) is 20.0 Å². The monoisotopic (exact) mass is 401 g/mol. The Morgan fingerprint density at radius 1 is 1.24 bits per heavy atom. The number of rotatable bonds is 5. The molecular formula is C19H17BrFN3O. The van der Waals surface area contributed by atoms with Crippen LogP contribution in [0.3, 0.4) is 0 Å². The van der Waals surface area contributed by atoms with E-state index in [0.29, 0.717) is 24.5 Å². The van der Waals surface area contributed by atoms with Crippen molar-refractivity contribution in [2.24, 2.45) is 0 Å². The molecule has 25 heavy (non-hydrogen) atoms. The third kappa shape index (κ3) is 3.96. The summed E-state index contributed by atoms with van der Waals surface area (Å²) >= 11 is 3.42. The van der Waals surface area contributed by atoms with Gasteiger partial charge in [0.2, 0.25) is 0 Å². The number of nitrogens with zero attached hydrogens (tertiary/aromatic N) is 3. The molecular weight excluding hydrogens is 385 g/mol. The molecule has 3 rings (SSSR count). The maximum absolute atomic E-state index is 13.3. The van der Waals surface area contributed by atoms with Crippen molar-refractivity contribution in [3.63, 3.8) is 0 Å². The van der Waals surface area contributed by atoms with Gasteiger partial charge in [0.1, 0.15) is 11.5 Å². The second-order valence-corrected chi connectivity index (χ2v) is 6.43. The number of aromatic nitrogens is 2. The molecule has 0 radical (unpaired) electrons. The molecule has 3 aromatic rings. The minimum Gasteiger partial charge on any atom is -0.343 e. The number of benzene rings is 1. The number of carbonyl (C=O) groups is 1. The van der Waals surface area contributed by atoms with E-state index in [-0.39, 0.29) is 11.7 Å². The average Bonchev–Trinajstić information content (AvgIpc) is 3.02. The van der Waals surface area contributed by atoms with Crippen LogP contribution < -0.4 is 4.90 Å². The first-order chi connectivity index (χ1) is 12.1. The molecule has 0 bridgehead atoms. The number of amides is 1. The molecule has 2 heterocycles. The topological polar surface area (TPSA) is 38.1 Å². The van der Waals surface area contributed by atoms with Crippen LogP contribution in [-0.4, -0.2) is 15.5 Å². The molecule has 2 aromatic heterocycles. The maximum atomic E-state index is 13.3. The third-order valence-electron chi connectivity index (χ3n) is 3.85. The molecule has 0 unspecified atom stereocenters. The summed E-state index contributed by atoms with van der Waals surface area (Å²) in [6, 6.07) is 13.3. The number of carbonyl (C=O) groups excluding carboxylic acids is 1. The van der Waals surface area contributed by atoms with Gasteiger partial charge in [0.05, 0.1) is 12.2 Å². The van der Waals surface area contributed by atoms with Crippen molar-refractivity contribution < 1.29 is 9.18 Å². The highest BCUT2D eigenvalue weighted by atomic mass is 79.9. The van der Waals surface area contributed by atoms with Crippen LogP contribution in [0.1, 0.15) is 23.1 Å².